The highest BCUT2D eigenvalue weighted by molar-refractivity contribution is 5.27. The monoisotopic (exact) mass is 566 g/mol. The molecule has 1 aliphatic heterocycles. The molecule has 2 aromatic rings. The minimum absolute atomic E-state index is 0.348. The molecule has 1 heterocycles. The van der Waals surface area contributed by atoms with Gasteiger partial charge >= 0.3 is 0 Å². The molecule has 41 heavy (non-hydrogen) atoms. The van der Waals surface area contributed by atoms with Gasteiger partial charge in [-0.2, -0.15) is 0 Å². The summed E-state index contributed by atoms with van der Waals surface area (Å²) in [6.45, 7) is 26.0. The maximum Gasteiger partial charge on any atom is 0.119 e. The number of hydrogen-bond donors (Lipinski definition) is 0. The van der Waals surface area contributed by atoms with Gasteiger partial charge in [-0.3, -0.25) is 4.90 Å². The average molecular weight is 566 g/mol. The molecule has 0 aromatic heterocycles. The van der Waals surface area contributed by atoms with Crippen LogP contribution in [-0.4, -0.2) is 30.6 Å². The Labute approximate surface area is 256 Å². The zero-order chi connectivity index (χ0) is 30.9. The second-order valence-electron chi connectivity index (χ2n) is 14.4. The summed E-state index contributed by atoms with van der Waals surface area (Å²) in [5.41, 5.74) is 4.26. The van der Waals surface area contributed by atoms with E-state index in [-0.39, 0.29) is 0 Å². The lowest BCUT2D eigenvalue weighted by Crippen LogP contribution is -2.26. The van der Waals surface area contributed by atoms with Gasteiger partial charge < -0.3 is 4.74 Å². The van der Waals surface area contributed by atoms with Crippen LogP contribution in [0.4, 0.5) is 0 Å². The first-order chi connectivity index (χ1) is 19.3. The van der Waals surface area contributed by atoms with Crippen LogP contribution in [0, 0.1) is 23.7 Å². The van der Waals surface area contributed by atoms with E-state index in [9.17, 15) is 0 Å². The van der Waals surface area contributed by atoms with Crippen molar-refractivity contribution in [2.24, 2.45) is 23.7 Å². The third-order valence-corrected chi connectivity index (χ3v) is 7.88. The van der Waals surface area contributed by atoms with Gasteiger partial charge in [-0.05, 0) is 84.7 Å². The van der Waals surface area contributed by atoms with Crippen molar-refractivity contribution in [3.8, 4) is 5.75 Å². The Balaban J connectivity index is 0.000000333. The highest BCUT2D eigenvalue weighted by Crippen LogP contribution is 2.26. The quantitative estimate of drug-likeness (QED) is 0.254. The van der Waals surface area contributed by atoms with E-state index in [4.69, 9.17) is 4.74 Å². The molecule has 2 aromatic carbocycles. The van der Waals surface area contributed by atoms with E-state index >= 15 is 0 Å². The normalized spacial score (nSPS) is 17.2. The van der Waals surface area contributed by atoms with Crippen molar-refractivity contribution in [1.29, 1.82) is 0 Å². The van der Waals surface area contributed by atoms with E-state index in [2.05, 4.69) is 137 Å². The maximum absolute atomic E-state index is 6.12. The van der Waals surface area contributed by atoms with E-state index in [1.165, 1.54) is 48.8 Å². The molecule has 2 heteroatoms. The average Bonchev–Trinajstić information content (AvgIpc) is 3.22. The summed E-state index contributed by atoms with van der Waals surface area (Å²) in [4.78, 5) is 2.45. The van der Waals surface area contributed by atoms with Gasteiger partial charge in [0.1, 0.15) is 11.9 Å². The summed E-state index contributed by atoms with van der Waals surface area (Å²) >= 11 is 0. The van der Waals surface area contributed by atoms with Crippen molar-refractivity contribution in [3.05, 3.63) is 65.2 Å². The number of likely N-dealkylation sites (tertiary alicyclic amines) is 1. The molecule has 0 aliphatic carbocycles. The fourth-order valence-electron chi connectivity index (χ4n) is 5.37. The number of hydrogen-bond acceptors (Lipinski definition) is 2. The second-order valence-corrected chi connectivity index (χ2v) is 14.4. The fraction of sp³-hybridized carbons (Fsp3) is 0.692. The molecule has 0 amide bonds. The van der Waals surface area contributed by atoms with Crippen LogP contribution in [0.25, 0.3) is 0 Å². The van der Waals surface area contributed by atoms with Gasteiger partial charge in [0.2, 0.25) is 0 Å². The number of nitrogens with zero attached hydrogens (tertiary/aromatic N) is 1. The number of likely N-dealkylation sites (N-methyl/N-ethyl adjacent to an activating group) is 1. The topological polar surface area (TPSA) is 12.5 Å². The summed E-state index contributed by atoms with van der Waals surface area (Å²) in [5.74, 6) is 4.96. The third-order valence-electron chi connectivity index (χ3n) is 7.88. The Kier molecular flexibility index (Phi) is 18.3. The smallest absolute Gasteiger partial charge is 0.119 e. The molecule has 1 saturated heterocycles. The highest BCUT2D eigenvalue weighted by atomic mass is 16.5. The summed E-state index contributed by atoms with van der Waals surface area (Å²) in [5, 5.41) is 0. The lowest BCUT2D eigenvalue weighted by Gasteiger charge is -2.20. The Morgan fingerprint density at radius 3 is 1.68 bits per heavy atom. The third kappa shape index (κ3) is 17.0. The van der Waals surface area contributed by atoms with Gasteiger partial charge in [0.25, 0.3) is 0 Å². The molecule has 1 fully saturated rings. The summed E-state index contributed by atoms with van der Waals surface area (Å²) in [6, 6.07) is 18.2. The van der Waals surface area contributed by atoms with Crippen LogP contribution in [0.2, 0.25) is 0 Å². The molecule has 0 spiro atoms. The van der Waals surface area contributed by atoms with Gasteiger partial charge in [-0.1, -0.05) is 132 Å². The van der Waals surface area contributed by atoms with Crippen molar-refractivity contribution < 1.29 is 4.74 Å². The summed E-state index contributed by atoms with van der Waals surface area (Å²) in [6.07, 6.45) is 9.27. The summed E-state index contributed by atoms with van der Waals surface area (Å²) in [7, 11) is 2.22. The number of benzene rings is 2. The van der Waals surface area contributed by atoms with Gasteiger partial charge in [-0.25, -0.2) is 0 Å². The van der Waals surface area contributed by atoms with Crippen LogP contribution in [0.3, 0.4) is 0 Å². The Morgan fingerprint density at radius 1 is 0.707 bits per heavy atom. The molecule has 2 atom stereocenters. The minimum atomic E-state index is 0.348. The van der Waals surface area contributed by atoms with Crippen molar-refractivity contribution in [1.82, 2.24) is 4.90 Å². The van der Waals surface area contributed by atoms with Crippen LogP contribution < -0.4 is 4.74 Å². The first kappa shape index (κ1) is 37.2. The highest BCUT2D eigenvalue weighted by Gasteiger charge is 2.31. The van der Waals surface area contributed by atoms with Crippen LogP contribution >= 0.6 is 0 Å². The number of ether oxygens (including phenoxy) is 1. The number of rotatable bonds is 12. The van der Waals surface area contributed by atoms with Crippen molar-refractivity contribution in [2.45, 2.75) is 139 Å². The van der Waals surface area contributed by atoms with Crippen LogP contribution in [0.1, 0.15) is 131 Å². The van der Waals surface area contributed by atoms with Crippen LogP contribution in [-0.2, 0) is 12.8 Å². The minimum Gasteiger partial charge on any atom is -0.489 e. The van der Waals surface area contributed by atoms with E-state index in [0.29, 0.717) is 18.1 Å². The zero-order valence-electron chi connectivity index (χ0n) is 29.2. The van der Waals surface area contributed by atoms with E-state index in [0.717, 1.165) is 48.8 Å². The molecule has 0 N–H and O–H groups in total. The molecule has 0 bridgehead atoms. The predicted molar refractivity (Wildman–Crippen MR) is 183 cm³/mol. The van der Waals surface area contributed by atoms with Gasteiger partial charge in [0.05, 0.1) is 0 Å². The molecule has 234 valence electrons. The first-order valence-corrected chi connectivity index (χ1v) is 16.8. The SMILES string of the molecule is CC(C)CCCC(C)C.CC(C)Cc1ccc(C(C)C)cc1.CCc1ccc(OC2C[C@@H](CC(C)C)N(C)C2)cc1. The largest absolute Gasteiger partial charge is 0.489 e. The van der Waals surface area contributed by atoms with Crippen molar-refractivity contribution in [3.63, 3.8) is 0 Å². The van der Waals surface area contributed by atoms with Gasteiger partial charge in [-0.15, -0.1) is 0 Å². The Bertz CT molecular complexity index is 886. The van der Waals surface area contributed by atoms with Crippen LogP contribution in [0.5, 0.6) is 5.75 Å². The lowest BCUT2D eigenvalue weighted by atomic mass is 9.98. The van der Waals surface area contributed by atoms with Crippen LogP contribution in [0.15, 0.2) is 48.5 Å². The fourth-order valence-corrected chi connectivity index (χ4v) is 5.37. The van der Waals surface area contributed by atoms with E-state index in [1.807, 2.05) is 0 Å². The zero-order valence-corrected chi connectivity index (χ0v) is 29.2. The second kappa shape index (κ2) is 20.2. The molecule has 0 saturated carbocycles. The van der Waals surface area contributed by atoms with Crippen molar-refractivity contribution in [2.75, 3.05) is 13.6 Å². The van der Waals surface area contributed by atoms with E-state index < -0.39 is 0 Å². The summed E-state index contributed by atoms with van der Waals surface area (Å²) < 4.78 is 6.12. The van der Waals surface area contributed by atoms with Gasteiger partial charge in [0, 0.05) is 19.0 Å². The Hall–Kier alpha value is -1.80. The molecule has 1 aliphatic rings. The molecule has 0 radical (unpaired) electrons. The van der Waals surface area contributed by atoms with E-state index in [1.54, 1.807) is 0 Å². The molecule has 2 nitrogen and oxygen atoms in total. The molecular weight excluding hydrogens is 498 g/mol. The van der Waals surface area contributed by atoms with Gasteiger partial charge in [0.15, 0.2) is 0 Å². The molecule has 3 rings (SSSR count). The molecule has 1 unspecified atom stereocenters. The first-order valence-electron chi connectivity index (χ1n) is 16.8. The lowest BCUT2D eigenvalue weighted by molar-refractivity contribution is 0.207. The Morgan fingerprint density at radius 2 is 1.24 bits per heavy atom. The molecular formula is C39H67NO. The standard InChI is InChI=1S/C17H27NO.C13H20.C9H20/c1-5-14-6-8-16(9-7-14)19-17-11-15(10-13(2)3)18(4)12-17;1-10(2)9-12-5-7-13(8-6-12)11(3)4;1-8(2)6-5-7-9(3)4/h6-9,13,15,17H,5,10-12H2,1-4H3;5-8,10-11H,9H2,1-4H3;8-9H,5-7H2,1-4H3/t15-,17?;;/m1../s1. The van der Waals surface area contributed by atoms with Crippen molar-refractivity contribution >= 4 is 0 Å². The maximum atomic E-state index is 6.12. The predicted octanol–water partition coefficient (Wildman–Crippen LogP) is 11.2. The number of aryl methyl sites for hydroxylation is 1.